The van der Waals surface area contributed by atoms with Crippen molar-refractivity contribution < 1.29 is 14.3 Å². The number of ether oxygens (including phenoxy) is 1. The number of hydrogen-bond acceptors (Lipinski definition) is 6. The minimum Gasteiger partial charge on any atom is -0.383 e. The van der Waals surface area contributed by atoms with Gasteiger partial charge in [-0.05, 0) is 24.3 Å². The third-order valence-corrected chi connectivity index (χ3v) is 6.14. The molecule has 1 fully saturated rings. The van der Waals surface area contributed by atoms with E-state index in [4.69, 9.17) is 10.5 Å². The number of nitrogens with one attached hydrogen (secondary N) is 1. The highest BCUT2D eigenvalue weighted by Gasteiger charge is 2.34. The van der Waals surface area contributed by atoms with Crippen molar-refractivity contribution in [2.45, 2.75) is 39.7 Å². The topological polar surface area (TPSA) is 131 Å². The largest absolute Gasteiger partial charge is 0.383 e. The summed E-state index contributed by atoms with van der Waals surface area (Å²) in [5, 5.41) is 0. The molecule has 3 rings (SSSR count). The van der Waals surface area contributed by atoms with E-state index in [-0.39, 0.29) is 55.4 Å². The van der Waals surface area contributed by atoms with E-state index in [1.54, 1.807) is 4.90 Å². The Morgan fingerprint density at radius 2 is 1.94 bits per heavy atom. The molecular weight excluding hydrogens is 450 g/mol. The second kappa shape index (κ2) is 11.8. The van der Waals surface area contributed by atoms with E-state index in [0.717, 1.165) is 5.56 Å². The zero-order chi connectivity index (χ0) is 25.5. The monoisotopic (exact) mass is 485 g/mol. The molecule has 0 bridgehead atoms. The molecule has 0 saturated carbocycles. The number of aromatic nitrogens is 2. The number of amides is 2. The van der Waals surface area contributed by atoms with Crippen LogP contribution in [-0.4, -0.2) is 59.6 Å². The Morgan fingerprint density at radius 1 is 1.23 bits per heavy atom. The Bertz CT molecular complexity index is 1140. The molecule has 0 spiro atoms. The van der Waals surface area contributed by atoms with Crippen LogP contribution in [0.3, 0.4) is 0 Å². The van der Waals surface area contributed by atoms with Crippen molar-refractivity contribution in [3.8, 4) is 0 Å². The number of nitrogens with two attached hydrogens (primary N) is 1. The summed E-state index contributed by atoms with van der Waals surface area (Å²) in [6.45, 7) is 5.26. The van der Waals surface area contributed by atoms with Gasteiger partial charge in [0.25, 0.3) is 5.56 Å². The molecule has 2 aromatic rings. The molecular formula is C25H35N5O5. The quantitative estimate of drug-likeness (QED) is 0.549. The third kappa shape index (κ3) is 6.39. The molecule has 1 aliphatic heterocycles. The molecule has 1 aromatic carbocycles. The molecule has 35 heavy (non-hydrogen) atoms. The van der Waals surface area contributed by atoms with Crippen LogP contribution in [0.25, 0.3) is 0 Å². The lowest BCUT2D eigenvalue weighted by atomic mass is 9.95. The van der Waals surface area contributed by atoms with Gasteiger partial charge in [-0.15, -0.1) is 0 Å². The molecule has 2 heterocycles. The summed E-state index contributed by atoms with van der Waals surface area (Å²) in [4.78, 5) is 57.1. The number of carbonyl (C=O) groups is 2. The van der Waals surface area contributed by atoms with Gasteiger partial charge in [-0.2, -0.15) is 0 Å². The Hall–Kier alpha value is -3.40. The minimum atomic E-state index is -0.718. The molecule has 1 aromatic heterocycles. The van der Waals surface area contributed by atoms with Crippen LogP contribution in [0.2, 0.25) is 0 Å². The van der Waals surface area contributed by atoms with E-state index in [1.165, 1.54) is 16.6 Å². The number of anilines is 2. The van der Waals surface area contributed by atoms with Crippen LogP contribution in [0.1, 0.15) is 32.3 Å². The maximum Gasteiger partial charge on any atom is 0.330 e. The number of piperidine rings is 1. The number of aromatic amines is 1. The maximum atomic E-state index is 13.7. The number of carbonyl (C=O) groups excluding carboxylic acids is 2. The molecule has 1 aliphatic rings. The summed E-state index contributed by atoms with van der Waals surface area (Å²) in [7, 11) is 1.50. The zero-order valence-corrected chi connectivity index (χ0v) is 20.7. The highest BCUT2D eigenvalue weighted by Crippen LogP contribution is 2.25. The number of hydrogen-bond donors (Lipinski definition) is 2. The van der Waals surface area contributed by atoms with Crippen LogP contribution >= 0.6 is 0 Å². The van der Waals surface area contributed by atoms with Crippen LogP contribution in [0.15, 0.2) is 39.9 Å². The lowest BCUT2D eigenvalue weighted by molar-refractivity contribution is -0.134. The smallest absolute Gasteiger partial charge is 0.330 e. The maximum absolute atomic E-state index is 13.7. The van der Waals surface area contributed by atoms with Crippen LogP contribution in [0.4, 0.5) is 11.5 Å². The number of methoxy groups -OCH3 is 1. The number of rotatable bonds is 9. The summed E-state index contributed by atoms with van der Waals surface area (Å²) in [6.07, 6.45) is 1.52. The number of nitrogens with zero attached hydrogens (tertiary/aromatic N) is 3. The average molecular weight is 486 g/mol. The van der Waals surface area contributed by atoms with Crippen molar-refractivity contribution in [2.24, 2.45) is 11.8 Å². The lowest BCUT2D eigenvalue weighted by Gasteiger charge is -2.35. The fraction of sp³-hybridized carbons (Fsp3) is 0.520. The van der Waals surface area contributed by atoms with Gasteiger partial charge in [-0.1, -0.05) is 44.2 Å². The van der Waals surface area contributed by atoms with Crippen molar-refractivity contribution in [1.82, 2.24) is 14.5 Å². The summed E-state index contributed by atoms with van der Waals surface area (Å²) in [5.41, 5.74) is 5.81. The van der Waals surface area contributed by atoms with Gasteiger partial charge in [-0.3, -0.25) is 23.9 Å². The van der Waals surface area contributed by atoms with Crippen LogP contribution in [0.5, 0.6) is 0 Å². The number of benzene rings is 1. The Kier molecular flexibility index (Phi) is 8.86. The van der Waals surface area contributed by atoms with Gasteiger partial charge in [-0.25, -0.2) is 4.79 Å². The predicted molar refractivity (Wildman–Crippen MR) is 134 cm³/mol. The molecule has 1 saturated heterocycles. The van der Waals surface area contributed by atoms with Crippen molar-refractivity contribution in [3.05, 3.63) is 56.7 Å². The molecule has 3 N–H and O–H groups in total. The van der Waals surface area contributed by atoms with E-state index in [9.17, 15) is 19.2 Å². The van der Waals surface area contributed by atoms with Gasteiger partial charge in [0.15, 0.2) is 5.69 Å². The molecule has 0 radical (unpaired) electrons. The summed E-state index contributed by atoms with van der Waals surface area (Å²) < 4.78 is 6.46. The van der Waals surface area contributed by atoms with Crippen molar-refractivity contribution in [1.29, 1.82) is 0 Å². The minimum absolute atomic E-state index is 0.0417. The first-order valence-corrected chi connectivity index (χ1v) is 12.0. The number of H-pyrrole nitrogens is 1. The number of likely N-dealkylation sites (tertiary alicyclic amines) is 1. The van der Waals surface area contributed by atoms with Crippen molar-refractivity contribution in [2.75, 3.05) is 44.0 Å². The van der Waals surface area contributed by atoms with E-state index >= 15 is 0 Å². The summed E-state index contributed by atoms with van der Waals surface area (Å²) in [5.74, 6) is -0.806. The third-order valence-electron chi connectivity index (χ3n) is 6.14. The Labute approximate surface area is 204 Å². The van der Waals surface area contributed by atoms with Gasteiger partial charge in [0.05, 0.1) is 18.9 Å². The van der Waals surface area contributed by atoms with Gasteiger partial charge >= 0.3 is 5.69 Å². The molecule has 1 unspecified atom stereocenters. The molecule has 190 valence electrons. The Balaban J connectivity index is 1.87. The first-order chi connectivity index (χ1) is 16.7. The highest BCUT2D eigenvalue weighted by atomic mass is 16.5. The van der Waals surface area contributed by atoms with Crippen LogP contribution in [0, 0.1) is 11.8 Å². The normalized spacial score (nSPS) is 15.9. The van der Waals surface area contributed by atoms with Gasteiger partial charge in [0.2, 0.25) is 11.8 Å². The van der Waals surface area contributed by atoms with Crippen LogP contribution in [-0.2, 0) is 27.3 Å². The van der Waals surface area contributed by atoms with Crippen LogP contribution < -0.4 is 21.9 Å². The summed E-state index contributed by atoms with van der Waals surface area (Å²) >= 11 is 0. The second-order valence-corrected chi connectivity index (χ2v) is 9.32. The molecule has 10 nitrogen and oxygen atoms in total. The Morgan fingerprint density at radius 3 is 2.60 bits per heavy atom. The standard InChI is InChI=1S/C25H35N5O5/c1-17(2)15-30-22(26)21(23(32)27-25(30)34)29(12-13-35-3)24(33)19-10-7-11-28(16-19)20(31)14-18-8-5-4-6-9-18/h4-6,8-9,17,19H,7,10-16,26H2,1-3H3,(H,27,32,34). The first kappa shape index (κ1) is 26.2. The summed E-state index contributed by atoms with van der Waals surface area (Å²) in [6, 6.07) is 9.48. The molecule has 0 aliphatic carbocycles. The first-order valence-electron chi connectivity index (χ1n) is 12.0. The molecule has 1 atom stereocenters. The molecule has 10 heteroatoms. The highest BCUT2D eigenvalue weighted by molar-refractivity contribution is 5.97. The fourth-order valence-corrected chi connectivity index (χ4v) is 4.41. The van der Waals surface area contributed by atoms with E-state index in [1.807, 2.05) is 44.2 Å². The van der Waals surface area contributed by atoms with E-state index < -0.39 is 17.2 Å². The fourth-order valence-electron chi connectivity index (χ4n) is 4.41. The van der Waals surface area contributed by atoms with Gasteiger partial charge in [0.1, 0.15) is 5.82 Å². The predicted octanol–water partition coefficient (Wildman–Crippen LogP) is 1.24. The van der Waals surface area contributed by atoms with E-state index in [2.05, 4.69) is 4.98 Å². The second-order valence-electron chi connectivity index (χ2n) is 9.32. The van der Waals surface area contributed by atoms with Crippen molar-refractivity contribution in [3.63, 3.8) is 0 Å². The molecule has 2 amide bonds. The lowest BCUT2D eigenvalue weighted by Crippen LogP contribution is -2.50. The van der Waals surface area contributed by atoms with Gasteiger partial charge < -0.3 is 20.3 Å². The van der Waals surface area contributed by atoms with E-state index in [0.29, 0.717) is 25.9 Å². The zero-order valence-electron chi connectivity index (χ0n) is 20.7. The van der Waals surface area contributed by atoms with Gasteiger partial charge in [0, 0.05) is 33.3 Å². The average Bonchev–Trinajstić information content (AvgIpc) is 2.84. The number of nitrogen functional groups attached to an aromatic ring is 1. The SMILES string of the molecule is COCCN(C(=O)C1CCCN(C(=O)Cc2ccccc2)C1)c1c(N)n(CC(C)C)c(=O)[nH]c1=O. The van der Waals surface area contributed by atoms with Crippen molar-refractivity contribution >= 4 is 23.3 Å².